The van der Waals surface area contributed by atoms with Crippen LogP contribution in [0.5, 0.6) is 5.75 Å². The lowest BCUT2D eigenvalue weighted by Gasteiger charge is -2.21. The van der Waals surface area contributed by atoms with E-state index in [1.807, 2.05) is 0 Å². The molecule has 1 heterocycles. The Morgan fingerprint density at radius 2 is 2.20 bits per heavy atom. The van der Waals surface area contributed by atoms with Crippen molar-refractivity contribution < 1.29 is 23.1 Å². The van der Waals surface area contributed by atoms with Crippen LogP contribution in [0.3, 0.4) is 0 Å². The first-order valence-corrected chi connectivity index (χ1v) is 7.35. The molecular weight excluding hydrogens is 284 g/mol. The fraction of sp³-hybridized carbons (Fsp3) is 0.333. The molecular formula is C12H14N2O5S. The highest BCUT2D eigenvalue weighted by atomic mass is 32.2. The Hall–Kier alpha value is -2.09. The van der Waals surface area contributed by atoms with Crippen LogP contribution in [0.25, 0.3) is 0 Å². The van der Waals surface area contributed by atoms with E-state index in [0.29, 0.717) is 11.4 Å². The number of hydrogen-bond donors (Lipinski definition) is 2. The van der Waals surface area contributed by atoms with Gasteiger partial charge in [-0.15, -0.1) is 4.40 Å². The van der Waals surface area contributed by atoms with Crippen molar-refractivity contribution in [1.82, 2.24) is 0 Å². The average Bonchev–Trinajstić information content (AvgIpc) is 2.38. The number of hydrogen-bond acceptors (Lipinski definition) is 5. The molecule has 0 saturated heterocycles. The van der Waals surface area contributed by atoms with Crippen LogP contribution < -0.4 is 10.1 Å². The standard InChI is InChI=1S/C12H14N2O5S/c1-3-8(12(15)16)11-13-9-5-4-7(19-2)6-10(9)20(17,18)14-11/h4-6,8H,3H2,1-2H3,(H,13,14)(H,15,16). The van der Waals surface area contributed by atoms with E-state index in [2.05, 4.69) is 9.71 Å². The molecule has 0 radical (unpaired) electrons. The average molecular weight is 298 g/mol. The first-order valence-electron chi connectivity index (χ1n) is 5.91. The number of amidine groups is 1. The van der Waals surface area contributed by atoms with Crippen LogP contribution >= 0.6 is 0 Å². The molecule has 1 aliphatic heterocycles. The number of aliphatic carboxylic acids is 1. The van der Waals surface area contributed by atoms with Gasteiger partial charge in [0.25, 0.3) is 10.0 Å². The number of carboxylic acid groups (broad SMARTS) is 1. The fourth-order valence-electron chi connectivity index (χ4n) is 1.92. The zero-order valence-corrected chi connectivity index (χ0v) is 11.8. The molecule has 0 bridgehead atoms. The maximum absolute atomic E-state index is 12.1. The van der Waals surface area contributed by atoms with Crippen molar-refractivity contribution in [3.05, 3.63) is 18.2 Å². The first-order chi connectivity index (χ1) is 9.39. The van der Waals surface area contributed by atoms with E-state index in [1.54, 1.807) is 13.0 Å². The van der Waals surface area contributed by atoms with Gasteiger partial charge in [0.05, 0.1) is 12.8 Å². The molecule has 20 heavy (non-hydrogen) atoms. The Labute approximate surface area is 116 Å². The molecule has 0 aliphatic carbocycles. The molecule has 1 unspecified atom stereocenters. The second-order valence-electron chi connectivity index (χ2n) is 4.24. The van der Waals surface area contributed by atoms with Gasteiger partial charge in [-0.2, -0.15) is 8.42 Å². The van der Waals surface area contributed by atoms with Crippen LogP contribution in [0.4, 0.5) is 5.69 Å². The Bertz CT molecular complexity index is 681. The zero-order chi connectivity index (χ0) is 14.9. The number of ether oxygens (including phenoxy) is 1. The van der Waals surface area contributed by atoms with Crippen molar-refractivity contribution in [2.75, 3.05) is 12.4 Å². The van der Waals surface area contributed by atoms with Crippen LogP contribution in [0.2, 0.25) is 0 Å². The second-order valence-corrected chi connectivity index (χ2v) is 5.81. The smallest absolute Gasteiger partial charge is 0.314 e. The lowest BCUT2D eigenvalue weighted by molar-refractivity contribution is -0.139. The number of methoxy groups -OCH3 is 1. The van der Waals surface area contributed by atoms with Gasteiger partial charge in [0.15, 0.2) is 0 Å². The van der Waals surface area contributed by atoms with Crippen molar-refractivity contribution in [3.63, 3.8) is 0 Å². The lowest BCUT2D eigenvalue weighted by atomic mass is 10.1. The molecule has 0 fully saturated rings. The topological polar surface area (TPSA) is 105 Å². The van der Waals surface area contributed by atoms with Crippen molar-refractivity contribution >= 4 is 27.5 Å². The van der Waals surface area contributed by atoms with Gasteiger partial charge in [-0.25, -0.2) is 0 Å². The van der Waals surface area contributed by atoms with Gasteiger partial charge < -0.3 is 15.2 Å². The molecule has 2 rings (SSSR count). The number of carbonyl (C=O) groups is 1. The number of rotatable bonds is 4. The SMILES string of the molecule is CCC(C(=O)O)C1=NS(=O)(=O)c2cc(OC)ccc2N1. The molecule has 7 nitrogen and oxygen atoms in total. The van der Waals surface area contributed by atoms with E-state index in [0.717, 1.165) is 0 Å². The third-order valence-electron chi connectivity index (χ3n) is 2.98. The van der Waals surface area contributed by atoms with E-state index >= 15 is 0 Å². The van der Waals surface area contributed by atoms with Crippen LogP contribution in [-0.4, -0.2) is 32.4 Å². The molecule has 1 aromatic carbocycles. The molecule has 0 saturated carbocycles. The van der Waals surface area contributed by atoms with E-state index in [-0.39, 0.29) is 17.2 Å². The summed E-state index contributed by atoms with van der Waals surface area (Å²) < 4.78 is 32.8. The summed E-state index contributed by atoms with van der Waals surface area (Å²) in [6.07, 6.45) is 0.238. The van der Waals surface area contributed by atoms with Gasteiger partial charge >= 0.3 is 5.97 Å². The molecule has 0 spiro atoms. The quantitative estimate of drug-likeness (QED) is 0.868. The van der Waals surface area contributed by atoms with Gasteiger partial charge in [-0.3, -0.25) is 4.79 Å². The Kier molecular flexibility index (Phi) is 3.67. The first kappa shape index (κ1) is 14.3. The Balaban J connectivity index is 2.52. The Morgan fingerprint density at radius 3 is 2.75 bits per heavy atom. The van der Waals surface area contributed by atoms with Crippen molar-refractivity contribution in [1.29, 1.82) is 0 Å². The summed E-state index contributed by atoms with van der Waals surface area (Å²) in [5.74, 6) is -1.79. The van der Waals surface area contributed by atoms with Crippen LogP contribution in [0.15, 0.2) is 27.5 Å². The summed E-state index contributed by atoms with van der Waals surface area (Å²) in [6, 6.07) is 4.46. The monoisotopic (exact) mass is 298 g/mol. The minimum atomic E-state index is -3.93. The minimum Gasteiger partial charge on any atom is -0.497 e. The highest BCUT2D eigenvalue weighted by Gasteiger charge is 2.31. The summed E-state index contributed by atoms with van der Waals surface area (Å²) in [5, 5.41) is 11.9. The van der Waals surface area contributed by atoms with Crippen molar-refractivity contribution in [2.24, 2.45) is 10.3 Å². The summed E-state index contributed by atoms with van der Waals surface area (Å²) in [5.41, 5.74) is 0.301. The number of nitrogens with one attached hydrogen (secondary N) is 1. The van der Waals surface area contributed by atoms with Gasteiger partial charge in [0.1, 0.15) is 22.4 Å². The number of sulfonamides is 1. The third-order valence-corrected chi connectivity index (χ3v) is 4.31. The van der Waals surface area contributed by atoms with E-state index in [9.17, 15) is 13.2 Å². The molecule has 1 atom stereocenters. The molecule has 2 N–H and O–H groups in total. The largest absolute Gasteiger partial charge is 0.497 e. The van der Waals surface area contributed by atoms with Crippen LogP contribution in [0, 0.1) is 5.92 Å². The summed E-state index contributed by atoms with van der Waals surface area (Å²) in [4.78, 5) is 11.1. The third kappa shape index (κ3) is 2.46. The second kappa shape index (κ2) is 5.12. The fourth-order valence-corrected chi connectivity index (χ4v) is 3.11. The van der Waals surface area contributed by atoms with E-state index in [1.165, 1.54) is 19.2 Å². The van der Waals surface area contributed by atoms with Gasteiger partial charge in [-0.05, 0) is 18.6 Å². The molecule has 0 amide bonds. The lowest BCUT2D eigenvalue weighted by Crippen LogP contribution is -2.33. The zero-order valence-electron chi connectivity index (χ0n) is 11.0. The Morgan fingerprint density at radius 1 is 1.50 bits per heavy atom. The van der Waals surface area contributed by atoms with Gasteiger partial charge in [0, 0.05) is 6.07 Å². The number of carboxylic acids is 1. The predicted molar refractivity (Wildman–Crippen MR) is 72.7 cm³/mol. The molecule has 0 aromatic heterocycles. The molecule has 1 aromatic rings. The van der Waals surface area contributed by atoms with E-state index in [4.69, 9.17) is 9.84 Å². The summed E-state index contributed by atoms with van der Waals surface area (Å²) in [6.45, 7) is 1.65. The normalized spacial score (nSPS) is 17.4. The van der Waals surface area contributed by atoms with Gasteiger partial charge in [0.2, 0.25) is 0 Å². The highest BCUT2D eigenvalue weighted by Crippen LogP contribution is 2.32. The molecule has 8 heteroatoms. The number of nitrogens with zero attached hydrogens (tertiary/aromatic N) is 1. The summed E-state index contributed by atoms with van der Waals surface area (Å²) in [7, 11) is -2.50. The predicted octanol–water partition coefficient (Wildman–Crippen LogP) is 1.32. The van der Waals surface area contributed by atoms with Crippen molar-refractivity contribution in [2.45, 2.75) is 18.2 Å². The molecule has 108 valence electrons. The van der Waals surface area contributed by atoms with Crippen molar-refractivity contribution in [3.8, 4) is 5.75 Å². The maximum atomic E-state index is 12.1. The molecule has 1 aliphatic rings. The highest BCUT2D eigenvalue weighted by molar-refractivity contribution is 7.90. The minimum absolute atomic E-state index is 0.0270. The number of anilines is 1. The van der Waals surface area contributed by atoms with Crippen LogP contribution in [-0.2, 0) is 14.8 Å². The van der Waals surface area contributed by atoms with E-state index < -0.39 is 21.9 Å². The van der Waals surface area contributed by atoms with Crippen LogP contribution in [0.1, 0.15) is 13.3 Å². The summed E-state index contributed by atoms with van der Waals surface area (Å²) >= 11 is 0. The van der Waals surface area contributed by atoms with Gasteiger partial charge in [-0.1, -0.05) is 6.92 Å². The maximum Gasteiger partial charge on any atom is 0.314 e. The number of benzene rings is 1. The number of fused-ring (bicyclic) bond motifs is 1.